The van der Waals surface area contributed by atoms with Crippen molar-refractivity contribution in [3.8, 4) is 11.8 Å². The van der Waals surface area contributed by atoms with Gasteiger partial charge in [-0.15, -0.1) is 0 Å². The lowest BCUT2D eigenvalue weighted by atomic mass is 10.1. The van der Waals surface area contributed by atoms with Crippen LogP contribution in [-0.4, -0.2) is 13.7 Å². The second-order valence-electron chi connectivity index (χ2n) is 4.70. The lowest BCUT2D eigenvalue weighted by Gasteiger charge is -2.10. The molecule has 0 bridgehead atoms. The van der Waals surface area contributed by atoms with Gasteiger partial charge >= 0.3 is 0 Å². The molecule has 2 rings (SSSR count). The summed E-state index contributed by atoms with van der Waals surface area (Å²) in [4.78, 5) is 0. The highest BCUT2D eigenvalue weighted by Crippen LogP contribution is 2.19. The minimum Gasteiger partial charge on any atom is -0.496 e. The van der Waals surface area contributed by atoms with Gasteiger partial charge in [-0.25, -0.2) is 4.39 Å². The molecule has 0 unspecified atom stereocenters. The Bertz CT molecular complexity index is 649. The molecular formula is C17H17FN2O. The van der Waals surface area contributed by atoms with Gasteiger partial charge in [0.05, 0.1) is 18.7 Å². The maximum Gasteiger partial charge on any atom is 0.123 e. The van der Waals surface area contributed by atoms with E-state index in [-0.39, 0.29) is 5.82 Å². The predicted octanol–water partition coefficient (Wildman–Crippen LogP) is 3.04. The zero-order valence-corrected chi connectivity index (χ0v) is 11.9. The van der Waals surface area contributed by atoms with Gasteiger partial charge in [0.1, 0.15) is 11.6 Å². The number of hydrogen-bond acceptors (Lipinski definition) is 3. The van der Waals surface area contributed by atoms with Gasteiger partial charge in [0, 0.05) is 12.1 Å². The van der Waals surface area contributed by atoms with Gasteiger partial charge < -0.3 is 10.1 Å². The van der Waals surface area contributed by atoms with Gasteiger partial charge in [-0.3, -0.25) is 0 Å². The number of ether oxygens (including phenoxy) is 1. The van der Waals surface area contributed by atoms with E-state index in [2.05, 4.69) is 11.4 Å². The Morgan fingerprint density at radius 2 is 2.10 bits per heavy atom. The summed E-state index contributed by atoms with van der Waals surface area (Å²) in [6, 6.07) is 14.1. The summed E-state index contributed by atoms with van der Waals surface area (Å²) in [6.07, 6.45) is 0.748. The molecule has 0 saturated carbocycles. The van der Waals surface area contributed by atoms with E-state index in [4.69, 9.17) is 10.00 Å². The van der Waals surface area contributed by atoms with E-state index in [1.165, 1.54) is 6.07 Å². The van der Waals surface area contributed by atoms with Crippen molar-refractivity contribution < 1.29 is 9.13 Å². The highest BCUT2D eigenvalue weighted by molar-refractivity contribution is 5.42. The number of nitriles is 1. The van der Waals surface area contributed by atoms with Crippen molar-refractivity contribution in [2.75, 3.05) is 13.7 Å². The summed E-state index contributed by atoms with van der Waals surface area (Å²) >= 11 is 0. The summed E-state index contributed by atoms with van der Waals surface area (Å²) in [6.45, 7) is 1.33. The van der Waals surface area contributed by atoms with Gasteiger partial charge in [-0.05, 0) is 48.9 Å². The average molecular weight is 284 g/mol. The van der Waals surface area contributed by atoms with Crippen LogP contribution in [-0.2, 0) is 13.0 Å². The van der Waals surface area contributed by atoms with E-state index in [0.717, 1.165) is 29.8 Å². The number of methoxy groups -OCH3 is 1. The van der Waals surface area contributed by atoms with Crippen molar-refractivity contribution in [3.63, 3.8) is 0 Å². The van der Waals surface area contributed by atoms with Crippen LogP contribution in [0.1, 0.15) is 16.7 Å². The topological polar surface area (TPSA) is 45.0 Å². The maximum absolute atomic E-state index is 13.1. The minimum atomic E-state index is -0.212. The number of nitrogens with zero attached hydrogens (tertiary/aromatic N) is 1. The number of benzene rings is 2. The largest absolute Gasteiger partial charge is 0.496 e. The van der Waals surface area contributed by atoms with Crippen molar-refractivity contribution >= 4 is 0 Å². The first-order valence-corrected chi connectivity index (χ1v) is 6.75. The maximum atomic E-state index is 13.1. The summed E-state index contributed by atoms with van der Waals surface area (Å²) in [5, 5.41) is 12.2. The lowest BCUT2D eigenvalue weighted by molar-refractivity contribution is 0.407. The van der Waals surface area contributed by atoms with E-state index in [1.54, 1.807) is 31.4 Å². The Morgan fingerprint density at radius 3 is 2.81 bits per heavy atom. The number of halogens is 1. The summed E-state index contributed by atoms with van der Waals surface area (Å²) in [7, 11) is 1.61. The fraction of sp³-hybridized carbons (Fsp3) is 0.235. The molecule has 3 nitrogen and oxygen atoms in total. The molecule has 108 valence electrons. The Labute approximate surface area is 124 Å². The predicted molar refractivity (Wildman–Crippen MR) is 79.5 cm³/mol. The quantitative estimate of drug-likeness (QED) is 0.829. The molecule has 0 saturated heterocycles. The first-order chi connectivity index (χ1) is 10.2. The fourth-order valence-electron chi connectivity index (χ4n) is 2.13. The summed E-state index contributed by atoms with van der Waals surface area (Å²) in [5.74, 6) is 0.545. The third-order valence-electron chi connectivity index (χ3n) is 3.20. The molecule has 0 fully saturated rings. The van der Waals surface area contributed by atoms with Gasteiger partial charge in [-0.1, -0.05) is 12.1 Å². The van der Waals surface area contributed by atoms with E-state index in [1.807, 2.05) is 12.1 Å². The molecule has 0 aliphatic rings. The molecule has 0 aliphatic carbocycles. The second-order valence-corrected chi connectivity index (χ2v) is 4.70. The molecular weight excluding hydrogens is 267 g/mol. The van der Waals surface area contributed by atoms with E-state index in [9.17, 15) is 4.39 Å². The van der Waals surface area contributed by atoms with Crippen LogP contribution in [0.25, 0.3) is 0 Å². The molecule has 0 heterocycles. The summed E-state index contributed by atoms with van der Waals surface area (Å²) < 4.78 is 18.3. The highest BCUT2D eigenvalue weighted by Gasteiger charge is 2.04. The smallest absolute Gasteiger partial charge is 0.123 e. The zero-order valence-electron chi connectivity index (χ0n) is 11.9. The van der Waals surface area contributed by atoms with Crippen molar-refractivity contribution in [1.29, 1.82) is 5.26 Å². The second kappa shape index (κ2) is 7.41. The molecule has 0 spiro atoms. The summed E-state index contributed by atoms with van der Waals surface area (Å²) in [5.41, 5.74) is 2.51. The standard InChI is InChI=1S/C17H17FN2O/c1-21-17-6-5-14(11-19)9-15(17)12-20-8-7-13-3-2-4-16(18)10-13/h2-6,9-10,20H,7-8,12H2,1H3. The van der Waals surface area contributed by atoms with Crippen LogP contribution in [0.3, 0.4) is 0 Å². The molecule has 2 aromatic carbocycles. The molecule has 4 heteroatoms. The highest BCUT2D eigenvalue weighted by atomic mass is 19.1. The van der Waals surface area contributed by atoms with Gasteiger partial charge in [-0.2, -0.15) is 5.26 Å². The van der Waals surface area contributed by atoms with E-state index < -0.39 is 0 Å². The molecule has 21 heavy (non-hydrogen) atoms. The van der Waals surface area contributed by atoms with Crippen LogP contribution in [0.2, 0.25) is 0 Å². The van der Waals surface area contributed by atoms with Crippen molar-refractivity contribution in [3.05, 3.63) is 65.0 Å². The van der Waals surface area contributed by atoms with Crippen LogP contribution < -0.4 is 10.1 Å². The zero-order chi connectivity index (χ0) is 15.1. The van der Waals surface area contributed by atoms with Crippen LogP contribution in [0.5, 0.6) is 5.75 Å². The van der Waals surface area contributed by atoms with Crippen LogP contribution in [0.15, 0.2) is 42.5 Å². The minimum absolute atomic E-state index is 0.212. The van der Waals surface area contributed by atoms with Crippen molar-refractivity contribution in [2.45, 2.75) is 13.0 Å². The molecule has 0 aliphatic heterocycles. The Hall–Kier alpha value is -2.38. The van der Waals surface area contributed by atoms with Crippen LogP contribution in [0, 0.1) is 17.1 Å². The van der Waals surface area contributed by atoms with Crippen LogP contribution >= 0.6 is 0 Å². The SMILES string of the molecule is COc1ccc(C#N)cc1CNCCc1cccc(F)c1. The Morgan fingerprint density at radius 1 is 1.24 bits per heavy atom. The fourth-order valence-corrected chi connectivity index (χ4v) is 2.13. The number of nitrogens with one attached hydrogen (secondary N) is 1. The van der Waals surface area contributed by atoms with Gasteiger partial charge in [0.25, 0.3) is 0 Å². The van der Waals surface area contributed by atoms with Gasteiger partial charge in [0.15, 0.2) is 0 Å². The van der Waals surface area contributed by atoms with Crippen molar-refractivity contribution in [2.24, 2.45) is 0 Å². The van der Waals surface area contributed by atoms with Crippen LogP contribution in [0.4, 0.5) is 4.39 Å². The average Bonchev–Trinajstić information content (AvgIpc) is 2.51. The third-order valence-corrected chi connectivity index (χ3v) is 3.20. The molecule has 1 N–H and O–H groups in total. The Balaban J connectivity index is 1.90. The first-order valence-electron chi connectivity index (χ1n) is 6.75. The van der Waals surface area contributed by atoms with Gasteiger partial charge in [0.2, 0.25) is 0 Å². The van der Waals surface area contributed by atoms with E-state index >= 15 is 0 Å². The number of rotatable bonds is 6. The Kier molecular flexibility index (Phi) is 5.30. The molecule has 0 aromatic heterocycles. The third kappa shape index (κ3) is 4.30. The van der Waals surface area contributed by atoms with E-state index in [0.29, 0.717) is 12.1 Å². The molecule has 0 amide bonds. The first kappa shape index (κ1) is 15.0. The van der Waals surface area contributed by atoms with Crippen molar-refractivity contribution in [1.82, 2.24) is 5.32 Å². The molecule has 0 atom stereocenters. The monoisotopic (exact) mass is 284 g/mol. The number of hydrogen-bond donors (Lipinski definition) is 1. The lowest BCUT2D eigenvalue weighted by Crippen LogP contribution is -2.17. The normalized spacial score (nSPS) is 10.1. The molecule has 0 radical (unpaired) electrons. The molecule has 2 aromatic rings.